The lowest BCUT2D eigenvalue weighted by Crippen LogP contribution is -2.42. The molecule has 0 radical (unpaired) electrons. The average molecular weight is 559 g/mol. The molecule has 2 bridgehead atoms. The SMILES string of the molecule is O=C1OC(=O)[C@H]2[C@H]3C[C@H]([C@@H]12)[C@@H]1[C@@H](c2cc(Br)cc(Br)c2O)c2sc(=O)[nH]c2S[C@@H]31. The number of carbonyl (C=O) groups is 2. The van der Waals surface area contributed by atoms with Crippen LogP contribution in [0.5, 0.6) is 5.75 Å². The van der Waals surface area contributed by atoms with Crippen molar-refractivity contribution < 1.29 is 19.4 Å². The molecule has 10 heteroatoms. The van der Waals surface area contributed by atoms with Crippen LogP contribution < -0.4 is 4.87 Å². The summed E-state index contributed by atoms with van der Waals surface area (Å²) in [5.74, 6) is -1.62. The van der Waals surface area contributed by atoms with Crippen molar-refractivity contribution in [3.63, 3.8) is 0 Å². The number of fused-ring (bicyclic) bond motifs is 9. The number of hydrogen-bond acceptors (Lipinski definition) is 7. The molecule has 4 aliphatic rings. The van der Waals surface area contributed by atoms with Crippen LogP contribution in [0.3, 0.4) is 0 Å². The molecule has 7 atom stereocenters. The van der Waals surface area contributed by atoms with Crippen molar-refractivity contribution in [1.29, 1.82) is 0 Å². The Kier molecular flexibility index (Phi) is 3.99. The number of phenols is 1. The van der Waals surface area contributed by atoms with Gasteiger partial charge >= 0.3 is 16.8 Å². The molecule has 0 amide bonds. The maximum absolute atomic E-state index is 12.4. The molecule has 2 N–H and O–H groups in total. The highest BCUT2D eigenvalue weighted by Gasteiger charge is 2.69. The van der Waals surface area contributed by atoms with E-state index in [0.717, 1.165) is 37.7 Å². The summed E-state index contributed by atoms with van der Waals surface area (Å²) < 4.78 is 6.37. The summed E-state index contributed by atoms with van der Waals surface area (Å²) in [6.07, 6.45) is 0.796. The molecule has 0 spiro atoms. The van der Waals surface area contributed by atoms with Crippen LogP contribution >= 0.6 is 55.0 Å². The topological polar surface area (TPSA) is 96.5 Å². The Balaban J connectivity index is 1.56. The Bertz CT molecular complexity index is 1160. The van der Waals surface area contributed by atoms with Crippen molar-refractivity contribution in [1.82, 2.24) is 4.98 Å². The Labute approximate surface area is 189 Å². The number of esters is 2. The lowest BCUT2D eigenvalue weighted by molar-refractivity contribution is -0.154. The minimum Gasteiger partial charge on any atom is -0.506 e. The molecule has 2 aliphatic heterocycles. The molecule has 3 heterocycles. The van der Waals surface area contributed by atoms with Crippen LogP contribution in [0.15, 0.2) is 30.9 Å². The third-order valence-corrected chi connectivity index (χ3v) is 10.5. The number of phenolic OH excluding ortho intramolecular Hbond substituents is 1. The van der Waals surface area contributed by atoms with Crippen LogP contribution in [0.1, 0.15) is 22.8 Å². The summed E-state index contributed by atoms with van der Waals surface area (Å²) in [5.41, 5.74) is 0.722. The number of ether oxygens (including phenoxy) is 1. The Morgan fingerprint density at radius 2 is 1.83 bits per heavy atom. The normalized spacial score (nSPS) is 36.7. The predicted molar refractivity (Wildman–Crippen MR) is 113 cm³/mol. The second kappa shape index (κ2) is 6.21. The Morgan fingerprint density at radius 1 is 1.10 bits per heavy atom. The Morgan fingerprint density at radius 3 is 2.59 bits per heavy atom. The molecule has 2 saturated carbocycles. The van der Waals surface area contributed by atoms with E-state index in [1.54, 1.807) is 17.8 Å². The number of thiazole rings is 1. The first kappa shape index (κ1) is 18.7. The molecule has 29 heavy (non-hydrogen) atoms. The van der Waals surface area contributed by atoms with Gasteiger partial charge in [-0.15, -0.1) is 11.8 Å². The number of thioether (sulfide) groups is 1. The van der Waals surface area contributed by atoms with Crippen molar-refractivity contribution in [3.8, 4) is 5.75 Å². The fourth-order valence-corrected chi connectivity index (χ4v) is 10.1. The highest BCUT2D eigenvalue weighted by atomic mass is 79.9. The van der Waals surface area contributed by atoms with Crippen LogP contribution in [0.4, 0.5) is 0 Å². The lowest BCUT2D eigenvalue weighted by Gasteiger charge is -2.42. The lowest BCUT2D eigenvalue weighted by atomic mass is 9.68. The van der Waals surface area contributed by atoms with E-state index in [1.807, 2.05) is 6.07 Å². The molecule has 2 aliphatic carbocycles. The number of H-pyrrole nitrogens is 1. The smallest absolute Gasteiger partial charge is 0.317 e. The molecule has 3 fully saturated rings. The second-order valence-corrected chi connectivity index (χ2v) is 12.0. The number of carbonyl (C=O) groups excluding carboxylic acids is 2. The first-order chi connectivity index (χ1) is 13.8. The van der Waals surface area contributed by atoms with Gasteiger partial charge < -0.3 is 14.8 Å². The van der Waals surface area contributed by atoms with Gasteiger partial charge in [0.1, 0.15) is 5.75 Å². The van der Waals surface area contributed by atoms with E-state index < -0.39 is 17.9 Å². The zero-order chi connectivity index (χ0) is 20.2. The minimum atomic E-state index is -0.414. The average Bonchev–Trinajstić information content (AvgIpc) is 3.37. The largest absolute Gasteiger partial charge is 0.506 e. The fraction of sp³-hybridized carbons (Fsp3) is 0.421. The van der Waals surface area contributed by atoms with E-state index >= 15 is 0 Å². The van der Waals surface area contributed by atoms with Gasteiger partial charge in [-0.3, -0.25) is 14.4 Å². The highest BCUT2D eigenvalue weighted by molar-refractivity contribution is 9.11. The monoisotopic (exact) mass is 557 g/mol. The summed E-state index contributed by atoms with van der Waals surface area (Å²) in [7, 11) is 0. The van der Waals surface area contributed by atoms with E-state index in [-0.39, 0.29) is 45.5 Å². The maximum atomic E-state index is 12.4. The number of aromatic amines is 1. The number of hydrogen-bond donors (Lipinski definition) is 2. The summed E-state index contributed by atoms with van der Waals surface area (Å²) in [6.45, 7) is 0. The van der Waals surface area contributed by atoms with E-state index in [0.29, 0.717) is 4.47 Å². The number of benzene rings is 1. The van der Waals surface area contributed by atoms with Gasteiger partial charge in [0.2, 0.25) is 0 Å². The van der Waals surface area contributed by atoms with Crippen molar-refractivity contribution in [2.45, 2.75) is 22.6 Å². The zero-order valence-corrected chi connectivity index (χ0v) is 19.4. The molecular formula is C19H13Br2NO5S2. The van der Waals surface area contributed by atoms with Crippen molar-refractivity contribution in [3.05, 3.63) is 41.2 Å². The summed E-state index contributed by atoms with van der Waals surface area (Å²) in [6, 6.07) is 3.66. The van der Waals surface area contributed by atoms with Crippen LogP contribution in [0, 0.1) is 29.6 Å². The van der Waals surface area contributed by atoms with Gasteiger partial charge in [-0.1, -0.05) is 27.3 Å². The summed E-state index contributed by atoms with van der Waals surface area (Å²) in [5, 5.41) is 11.8. The number of nitrogens with one attached hydrogen (secondary N) is 1. The highest BCUT2D eigenvalue weighted by Crippen LogP contribution is 2.68. The number of aromatic nitrogens is 1. The quantitative estimate of drug-likeness (QED) is 0.407. The van der Waals surface area contributed by atoms with Crippen molar-refractivity contribution in [2.24, 2.45) is 29.6 Å². The Hall–Kier alpha value is -1.10. The standard InChI is InChI=1S/C19H13Br2NO5S2/c20-4-1-6(13(23)8(21)2-4)10-9-5-3-7(12-11(5)17(24)27-18(12)25)14(9)28-16-15(10)29-19(26)22-16/h1-2,5,7,9-12,14,23H,3H2,(H,22,26)/t5-,7+,9+,10+,11+,12-,14-/m0/s1. The van der Waals surface area contributed by atoms with Gasteiger partial charge in [-0.2, -0.15) is 0 Å². The van der Waals surface area contributed by atoms with Crippen LogP contribution in [-0.2, 0) is 14.3 Å². The third-order valence-electron chi connectivity index (χ3n) is 6.85. The molecule has 1 saturated heterocycles. The summed E-state index contributed by atoms with van der Waals surface area (Å²) in [4.78, 5) is 40.6. The molecule has 0 unspecified atom stereocenters. The van der Waals surface area contributed by atoms with Gasteiger partial charge in [0.15, 0.2) is 0 Å². The number of halogens is 2. The fourth-order valence-electron chi connectivity index (χ4n) is 5.99. The van der Waals surface area contributed by atoms with E-state index in [9.17, 15) is 19.5 Å². The van der Waals surface area contributed by atoms with Gasteiger partial charge in [0.25, 0.3) is 0 Å². The molecule has 1 aromatic carbocycles. The first-order valence-electron chi connectivity index (χ1n) is 9.18. The van der Waals surface area contributed by atoms with Crippen LogP contribution in [0.25, 0.3) is 0 Å². The van der Waals surface area contributed by atoms with E-state index in [2.05, 4.69) is 36.8 Å². The second-order valence-electron chi connectivity index (χ2n) is 8.03. The van der Waals surface area contributed by atoms with Crippen LogP contribution in [-0.4, -0.2) is 27.3 Å². The first-order valence-corrected chi connectivity index (χ1v) is 12.5. The minimum absolute atomic E-state index is 0.00559. The van der Waals surface area contributed by atoms with Gasteiger partial charge in [0, 0.05) is 26.1 Å². The van der Waals surface area contributed by atoms with E-state index in [1.165, 1.54) is 0 Å². The molecule has 6 rings (SSSR count). The van der Waals surface area contributed by atoms with Gasteiger partial charge in [0.05, 0.1) is 21.3 Å². The van der Waals surface area contributed by atoms with E-state index in [4.69, 9.17) is 4.74 Å². The van der Waals surface area contributed by atoms with Crippen LogP contribution in [0.2, 0.25) is 0 Å². The number of aromatic hydroxyl groups is 1. The van der Waals surface area contributed by atoms with Gasteiger partial charge in [-0.05, 0) is 52.2 Å². The molecule has 150 valence electrons. The maximum Gasteiger partial charge on any atom is 0.317 e. The third kappa shape index (κ3) is 2.43. The number of rotatable bonds is 1. The molecular weight excluding hydrogens is 546 g/mol. The molecule has 2 aromatic rings. The predicted octanol–water partition coefficient (Wildman–Crippen LogP) is 3.85. The van der Waals surface area contributed by atoms with Crippen molar-refractivity contribution in [2.75, 3.05) is 0 Å². The van der Waals surface area contributed by atoms with Gasteiger partial charge in [-0.25, -0.2) is 0 Å². The zero-order valence-electron chi connectivity index (χ0n) is 14.6. The van der Waals surface area contributed by atoms with Crippen molar-refractivity contribution >= 4 is 66.9 Å². The molecule has 6 nitrogen and oxygen atoms in total. The number of cyclic esters (lactones) is 2. The summed E-state index contributed by atoms with van der Waals surface area (Å²) >= 11 is 9.69. The molecule has 1 aromatic heterocycles.